The number of benzene rings is 1. The number of aromatic nitrogens is 3. The van der Waals surface area contributed by atoms with Crippen LogP contribution in [0.2, 0.25) is 0 Å². The second kappa shape index (κ2) is 7.34. The van der Waals surface area contributed by atoms with Gasteiger partial charge < -0.3 is 20.5 Å². The van der Waals surface area contributed by atoms with Gasteiger partial charge in [-0.05, 0) is 36.4 Å². The van der Waals surface area contributed by atoms with Crippen LogP contribution in [-0.2, 0) is 0 Å². The highest BCUT2D eigenvalue weighted by molar-refractivity contribution is 5.94. The van der Waals surface area contributed by atoms with E-state index in [0.29, 0.717) is 31.0 Å². The molecular weight excluding hydrogens is 346 g/mol. The van der Waals surface area contributed by atoms with Gasteiger partial charge in [0.2, 0.25) is 0 Å². The number of rotatable bonds is 5. The second-order valence-corrected chi connectivity index (χ2v) is 6.50. The Kier molecular flexibility index (Phi) is 4.74. The number of hydrogen-bond acceptors (Lipinski definition) is 6. The summed E-state index contributed by atoms with van der Waals surface area (Å²) in [5.41, 5.74) is 7.58. The molecule has 2 aromatic heterocycles. The summed E-state index contributed by atoms with van der Waals surface area (Å²) >= 11 is 0. The minimum Gasteiger partial charge on any atom is -0.492 e. The third-order valence-electron chi connectivity index (χ3n) is 4.72. The van der Waals surface area contributed by atoms with E-state index in [1.807, 2.05) is 12.1 Å². The van der Waals surface area contributed by atoms with E-state index in [-0.39, 0.29) is 18.5 Å². The maximum Gasteiger partial charge on any atom is 0.254 e. The molecule has 1 saturated heterocycles. The highest BCUT2D eigenvalue weighted by Crippen LogP contribution is 2.26. The molecule has 0 aliphatic carbocycles. The van der Waals surface area contributed by atoms with Gasteiger partial charge in [0.15, 0.2) is 0 Å². The number of aliphatic hydroxyl groups is 1. The number of hydrogen-bond donors (Lipinski definition) is 2. The van der Waals surface area contributed by atoms with E-state index in [1.54, 1.807) is 46.2 Å². The zero-order chi connectivity index (χ0) is 18.8. The Morgan fingerprint density at radius 2 is 2.07 bits per heavy atom. The Hall–Kier alpha value is -2.97. The zero-order valence-electron chi connectivity index (χ0n) is 14.7. The van der Waals surface area contributed by atoms with Crippen molar-refractivity contribution < 1.29 is 14.6 Å². The summed E-state index contributed by atoms with van der Waals surface area (Å²) in [7, 11) is 0. The average molecular weight is 367 g/mol. The quantitative estimate of drug-likeness (QED) is 0.692. The van der Waals surface area contributed by atoms with Gasteiger partial charge in [-0.15, -0.1) is 0 Å². The van der Waals surface area contributed by atoms with E-state index < -0.39 is 6.10 Å². The Labute approximate surface area is 156 Å². The molecule has 0 saturated carbocycles. The van der Waals surface area contributed by atoms with Crippen LogP contribution >= 0.6 is 0 Å². The largest absolute Gasteiger partial charge is 0.492 e. The van der Waals surface area contributed by atoms with E-state index in [0.717, 1.165) is 11.0 Å². The number of aliphatic hydroxyl groups excluding tert-OH is 1. The van der Waals surface area contributed by atoms with E-state index >= 15 is 0 Å². The molecule has 4 rings (SSSR count). The lowest BCUT2D eigenvalue weighted by Crippen LogP contribution is -2.29. The summed E-state index contributed by atoms with van der Waals surface area (Å²) < 4.78 is 7.19. The van der Waals surface area contributed by atoms with Crippen molar-refractivity contribution in [1.29, 1.82) is 0 Å². The van der Waals surface area contributed by atoms with E-state index in [4.69, 9.17) is 10.5 Å². The highest BCUT2D eigenvalue weighted by atomic mass is 16.5. The lowest BCUT2D eigenvalue weighted by molar-refractivity contribution is 0.0764. The van der Waals surface area contributed by atoms with E-state index in [9.17, 15) is 9.90 Å². The zero-order valence-corrected chi connectivity index (χ0v) is 14.7. The van der Waals surface area contributed by atoms with Crippen molar-refractivity contribution in [2.75, 3.05) is 26.2 Å². The number of pyridine rings is 1. The summed E-state index contributed by atoms with van der Waals surface area (Å²) in [4.78, 5) is 18.7. The van der Waals surface area contributed by atoms with Gasteiger partial charge in [-0.1, -0.05) is 0 Å². The normalized spacial score (nSPS) is 19.6. The molecule has 8 nitrogen and oxygen atoms in total. The molecule has 8 heteroatoms. The number of β-amino-alcohol motifs (C(OH)–C–C–N with tert-alkyl or cyclic N) is 1. The van der Waals surface area contributed by atoms with Gasteiger partial charge in [0.05, 0.1) is 23.9 Å². The molecule has 0 bridgehead atoms. The standard InChI is InChI=1S/C19H21N5O3/c20-7-9-27-14-5-3-13(4-6-14)19(26)23-11-17(18(25)12-23)24-16-2-1-8-21-15(16)10-22-24/h1-6,8,10,17-18,25H,7,9,11-12,20H2/t17-,18-/m1/s1. The van der Waals surface area contributed by atoms with Crippen molar-refractivity contribution in [2.45, 2.75) is 12.1 Å². The van der Waals surface area contributed by atoms with Crippen LogP contribution in [0.15, 0.2) is 48.8 Å². The summed E-state index contributed by atoms with van der Waals surface area (Å²) in [5.74, 6) is 0.545. The van der Waals surface area contributed by atoms with E-state index in [1.165, 1.54) is 0 Å². The number of nitrogens with two attached hydrogens (primary N) is 1. The summed E-state index contributed by atoms with van der Waals surface area (Å²) in [6.45, 7) is 1.51. The molecule has 0 spiro atoms. The molecular formula is C19H21N5O3. The third kappa shape index (κ3) is 3.36. The molecule has 3 N–H and O–H groups in total. The van der Waals surface area contributed by atoms with Crippen LogP contribution in [0, 0.1) is 0 Å². The van der Waals surface area contributed by atoms with Gasteiger partial charge in [-0.2, -0.15) is 5.10 Å². The fourth-order valence-electron chi connectivity index (χ4n) is 3.37. The molecule has 1 aliphatic heterocycles. The number of likely N-dealkylation sites (tertiary alicyclic amines) is 1. The first kappa shape index (κ1) is 17.4. The minimum absolute atomic E-state index is 0.128. The Balaban J connectivity index is 1.50. The second-order valence-electron chi connectivity index (χ2n) is 6.50. The summed E-state index contributed by atoms with van der Waals surface area (Å²) in [5, 5.41) is 14.9. The molecule has 3 heterocycles. The van der Waals surface area contributed by atoms with Crippen LogP contribution in [-0.4, -0.2) is 63.0 Å². The molecule has 1 aliphatic rings. The van der Waals surface area contributed by atoms with Gasteiger partial charge in [0.1, 0.15) is 17.9 Å². The molecule has 140 valence electrons. The molecule has 1 amide bonds. The van der Waals surface area contributed by atoms with Crippen molar-refractivity contribution in [3.05, 3.63) is 54.4 Å². The number of carbonyl (C=O) groups is 1. The molecule has 0 radical (unpaired) electrons. The van der Waals surface area contributed by atoms with E-state index in [2.05, 4.69) is 10.1 Å². The van der Waals surface area contributed by atoms with Gasteiger partial charge in [-0.3, -0.25) is 14.5 Å². The van der Waals surface area contributed by atoms with Gasteiger partial charge >= 0.3 is 0 Å². The Bertz CT molecular complexity index is 940. The first-order valence-electron chi connectivity index (χ1n) is 8.86. The van der Waals surface area contributed by atoms with Crippen molar-refractivity contribution in [3.8, 4) is 5.75 Å². The first-order valence-corrected chi connectivity index (χ1v) is 8.86. The summed E-state index contributed by atoms with van der Waals surface area (Å²) in [6, 6.07) is 10.4. The molecule has 27 heavy (non-hydrogen) atoms. The number of amides is 1. The fraction of sp³-hybridized carbons (Fsp3) is 0.316. The number of fused-ring (bicyclic) bond motifs is 1. The van der Waals surface area contributed by atoms with Crippen molar-refractivity contribution in [2.24, 2.45) is 5.73 Å². The number of ether oxygens (including phenoxy) is 1. The van der Waals surface area contributed by atoms with Crippen LogP contribution in [0.4, 0.5) is 0 Å². The number of nitrogens with zero attached hydrogens (tertiary/aromatic N) is 4. The predicted octanol–water partition coefficient (Wildman–Crippen LogP) is 0.827. The van der Waals surface area contributed by atoms with Crippen molar-refractivity contribution in [1.82, 2.24) is 19.7 Å². The Morgan fingerprint density at radius 1 is 1.26 bits per heavy atom. The van der Waals surface area contributed by atoms with Crippen LogP contribution in [0.5, 0.6) is 5.75 Å². The minimum atomic E-state index is -0.690. The van der Waals surface area contributed by atoms with Crippen molar-refractivity contribution in [3.63, 3.8) is 0 Å². The Morgan fingerprint density at radius 3 is 2.85 bits per heavy atom. The third-order valence-corrected chi connectivity index (χ3v) is 4.72. The highest BCUT2D eigenvalue weighted by Gasteiger charge is 2.36. The fourth-order valence-corrected chi connectivity index (χ4v) is 3.37. The van der Waals surface area contributed by atoms with Gasteiger partial charge in [0.25, 0.3) is 5.91 Å². The van der Waals surface area contributed by atoms with Gasteiger partial charge in [-0.25, -0.2) is 0 Å². The maximum absolute atomic E-state index is 12.8. The molecule has 1 aromatic carbocycles. The van der Waals surface area contributed by atoms with Crippen LogP contribution in [0.1, 0.15) is 16.4 Å². The first-order chi connectivity index (χ1) is 13.2. The SMILES string of the molecule is NCCOc1ccc(C(=O)N2C[C@@H](O)[C@H](n3ncc4ncccc43)C2)cc1. The number of carbonyl (C=O) groups excluding carboxylic acids is 1. The lowest BCUT2D eigenvalue weighted by Gasteiger charge is -2.17. The predicted molar refractivity (Wildman–Crippen MR) is 99.5 cm³/mol. The van der Waals surface area contributed by atoms with Crippen LogP contribution < -0.4 is 10.5 Å². The maximum atomic E-state index is 12.8. The summed E-state index contributed by atoms with van der Waals surface area (Å²) in [6.07, 6.45) is 2.69. The van der Waals surface area contributed by atoms with Crippen molar-refractivity contribution >= 4 is 16.9 Å². The molecule has 1 fully saturated rings. The smallest absolute Gasteiger partial charge is 0.254 e. The topological polar surface area (TPSA) is 106 Å². The average Bonchev–Trinajstić information content (AvgIpc) is 3.29. The molecule has 3 aromatic rings. The molecule has 2 atom stereocenters. The van der Waals surface area contributed by atoms with Crippen LogP contribution in [0.3, 0.4) is 0 Å². The van der Waals surface area contributed by atoms with Crippen LogP contribution in [0.25, 0.3) is 11.0 Å². The monoisotopic (exact) mass is 367 g/mol. The molecule has 0 unspecified atom stereocenters. The lowest BCUT2D eigenvalue weighted by atomic mass is 10.2. The van der Waals surface area contributed by atoms with Gasteiger partial charge in [0, 0.05) is 31.4 Å².